The van der Waals surface area contributed by atoms with Gasteiger partial charge >= 0.3 is 0 Å². The summed E-state index contributed by atoms with van der Waals surface area (Å²) < 4.78 is 0. The maximum absolute atomic E-state index is 12.2. The molecule has 2 heteroatoms. The Bertz CT molecular complexity index is 532. The summed E-state index contributed by atoms with van der Waals surface area (Å²) in [5.41, 5.74) is 2.87. The van der Waals surface area contributed by atoms with Crippen LogP contribution < -0.4 is 4.90 Å². The first-order valence-electron chi connectivity index (χ1n) is 6.01. The van der Waals surface area contributed by atoms with Crippen LogP contribution in [0.4, 0.5) is 5.69 Å². The number of nitrogens with zero attached hydrogens (tertiary/aromatic N) is 1. The Labute approximate surface area is 108 Å². The third-order valence-corrected chi connectivity index (χ3v) is 2.89. The highest BCUT2D eigenvalue weighted by Gasteiger charge is 2.07. The number of carbonyl (C=O) groups excluding carboxylic acids is 1. The summed E-state index contributed by atoms with van der Waals surface area (Å²) in [6.45, 7) is 0. The van der Waals surface area contributed by atoms with E-state index in [4.69, 9.17) is 0 Å². The van der Waals surface area contributed by atoms with E-state index in [-0.39, 0.29) is 5.78 Å². The molecule has 0 bridgehead atoms. The molecule has 2 nitrogen and oxygen atoms in total. The molecular weight excluding hydrogens is 222 g/mol. The number of carbonyl (C=O) groups is 1. The summed E-state index contributed by atoms with van der Waals surface area (Å²) in [4.78, 5) is 14.2. The summed E-state index contributed by atoms with van der Waals surface area (Å²) in [5.74, 6) is 0.157. The van der Waals surface area contributed by atoms with E-state index in [1.807, 2.05) is 73.6 Å². The first kappa shape index (κ1) is 12.4. The van der Waals surface area contributed by atoms with Gasteiger partial charge in [-0.15, -0.1) is 0 Å². The number of benzene rings is 2. The first-order chi connectivity index (χ1) is 8.66. The average Bonchev–Trinajstić information content (AvgIpc) is 2.40. The Kier molecular flexibility index (Phi) is 3.78. The summed E-state index contributed by atoms with van der Waals surface area (Å²) in [6.07, 6.45) is 0.456. The fraction of sp³-hybridized carbons (Fsp3) is 0.188. The zero-order valence-electron chi connectivity index (χ0n) is 10.8. The van der Waals surface area contributed by atoms with Crippen LogP contribution in [0, 0.1) is 0 Å². The Hall–Kier alpha value is -2.09. The van der Waals surface area contributed by atoms with E-state index in [1.165, 1.54) is 0 Å². The monoisotopic (exact) mass is 239 g/mol. The highest BCUT2D eigenvalue weighted by molar-refractivity contribution is 5.98. The molecule has 0 aliphatic rings. The Morgan fingerprint density at radius 2 is 1.72 bits per heavy atom. The molecule has 0 amide bonds. The van der Waals surface area contributed by atoms with E-state index < -0.39 is 0 Å². The molecule has 0 fully saturated rings. The summed E-state index contributed by atoms with van der Waals surface area (Å²) in [5, 5.41) is 0. The summed E-state index contributed by atoms with van der Waals surface area (Å²) >= 11 is 0. The van der Waals surface area contributed by atoms with Gasteiger partial charge in [0, 0.05) is 31.8 Å². The molecule has 0 atom stereocenters. The van der Waals surface area contributed by atoms with Gasteiger partial charge in [-0.1, -0.05) is 42.5 Å². The molecule has 0 heterocycles. The first-order valence-corrected chi connectivity index (χ1v) is 6.01. The number of Topliss-reactive ketones (excluding diaryl/α,β-unsaturated/α-hetero) is 1. The second-order valence-corrected chi connectivity index (χ2v) is 4.53. The van der Waals surface area contributed by atoms with Crippen molar-refractivity contribution in [3.05, 3.63) is 65.7 Å². The molecule has 2 aromatic carbocycles. The quantitative estimate of drug-likeness (QED) is 0.764. The molecule has 0 saturated heterocycles. The van der Waals surface area contributed by atoms with Gasteiger partial charge in [-0.2, -0.15) is 0 Å². The largest absolute Gasteiger partial charge is 0.378 e. The van der Waals surface area contributed by atoms with Gasteiger partial charge in [-0.25, -0.2) is 0 Å². The van der Waals surface area contributed by atoms with E-state index in [9.17, 15) is 4.79 Å². The number of rotatable bonds is 4. The van der Waals surface area contributed by atoms with Crippen LogP contribution in [0.1, 0.15) is 15.9 Å². The highest BCUT2D eigenvalue weighted by atomic mass is 16.1. The van der Waals surface area contributed by atoms with Crippen LogP contribution in [0.15, 0.2) is 54.6 Å². The minimum absolute atomic E-state index is 0.157. The average molecular weight is 239 g/mol. The zero-order chi connectivity index (χ0) is 13.0. The van der Waals surface area contributed by atoms with Crippen molar-refractivity contribution in [1.82, 2.24) is 0 Å². The molecule has 0 aromatic heterocycles. The summed E-state index contributed by atoms with van der Waals surface area (Å²) in [7, 11) is 3.95. The molecular formula is C16H17NO. The highest BCUT2D eigenvalue weighted by Crippen LogP contribution is 2.15. The standard InChI is InChI=1S/C16H17NO/c1-17(2)15-10-6-9-14(12-15)16(18)11-13-7-4-3-5-8-13/h3-10,12H,11H2,1-2H3. The van der Waals surface area contributed by atoms with Gasteiger partial charge in [0.25, 0.3) is 0 Å². The number of anilines is 1. The summed E-state index contributed by atoms with van der Waals surface area (Å²) in [6, 6.07) is 17.6. The van der Waals surface area contributed by atoms with Crippen LogP contribution in [-0.4, -0.2) is 19.9 Å². The normalized spacial score (nSPS) is 10.1. The lowest BCUT2D eigenvalue weighted by Crippen LogP contribution is -2.10. The molecule has 0 saturated carbocycles. The van der Waals surface area contributed by atoms with Gasteiger partial charge in [0.15, 0.2) is 5.78 Å². The molecule has 18 heavy (non-hydrogen) atoms. The van der Waals surface area contributed by atoms with Crippen molar-refractivity contribution in [3.63, 3.8) is 0 Å². The minimum atomic E-state index is 0.157. The maximum Gasteiger partial charge on any atom is 0.167 e. The molecule has 0 spiro atoms. The van der Waals surface area contributed by atoms with Crippen molar-refractivity contribution in [1.29, 1.82) is 0 Å². The van der Waals surface area contributed by atoms with Gasteiger partial charge < -0.3 is 4.90 Å². The van der Waals surface area contributed by atoms with Crippen LogP contribution in [0.3, 0.4) is 0 Å². The van der Waals surface area contributed by atoms with Gasteiger partial charge in [0.1, 0.15) is 0 Å². The van der Waals surface area contributed by atoms with Gasteiger partial charge in [-0.3, -0.25) is 4.79 Å². The van der Waals surface area contributed by atoms with E-state index in [0.717, 1.165) is 16.8 Å². The van der Waals surface area contributed by atoms with Crippen LogP contribution >= 0.6 is 0 Å². The van der Waals surface area contributed by atoms with Crippen LogP contribution in [0.5, 0.6) is 0 Å². The third kappa shape index (κ3) is 2.98. The van der Waals surface area contributed by atoms with Crippen molar-refractivity contribution < 1.29 is 4.79 Å². The van der Waals surface area contributed by atoms with Gasteiger partial charge in [0.05, 0.1) is 0 Å². The van der Waals surface area contributed by atoms with Gasteiger partial charge in [-0.05, 0) is 17.7 Å². The lowest BCUT2D eigenvalue weighted by molar-refractivity contribution is 0.0993. The molecule has 0 aliphatic heterocycles. The maximum atomic E-state index is 12.2. The van der Waals surface area contributed by atoms with Crippen molar-refractivity contribution in [2.45, 2.75) is 6.42 Å². The Morgan fingerprint density at radius 1 is 1.00 bits per heavy atom. The van der Waals surface area contributed by atoms with E-state index in [2.05, 4.69) is 0 Å². The third-order valence-electron chi connectivity index (χ3n) is 2.89. The van der Waals surface area contributed by atoms with E-state index in [0.29, 0.717) is 6.42 Å². The molecule has 2 aromatic rings. The fourth-order valence-corrected chi connectivity index (χ4v) is 1.84. The van der Waals surface area contributed by atoms with Crippen LogP contribution in [0.25, 0.3) is 0 Å². The topological polar surface area (TPSA) is 20.3 Å². The minimum Gasteiger partial charge on any atom is -0.378 e. The predicted octanol–water partition coefficient (Wildman–Crippen LogP) is 3.18. The van der Waals surface area contributed by atoms with E-state index >= 15 is 0 Å². The van der Waals surface area contributed by atoms with Crippen LogP contribution in [-0.2, 0) is 6.42 Å². The molecule has 0 unspecified atom stereocenters. The van der Waals surface area contributed by atoms with Crippen LogP contribution in [0.2, 0.25) is 0 Å². The lowest BCUT2D eigenvalue weighted by Gasteiger charge is -2.13. The molecule has 92 valence electrons. The smallest absolute Gasteiger partial charge is 0.167 e. The number of ketones is 1. The fourth-order valence-electron chi connectivity index (χ4n) is 1.84. The van der Waals surface area contributed by atoms with Crippen molar-refractivity contribution >= 4 is 11.5 Å². The second-order valence-electron chi connectivity index (χ2n) is 4.53. The van der Waals surface area contributed by atoms with Crippen molar-refractivity contribution in [2.75, 3.05) is 19.0 Å². The SMILES string of the molecule is CN(C)c1cccc(C(=O)Cc2ccccc2)c1. The molecule has 0 radical (unpaired) electrons. The van der Waals surface area contributed by atoms with E-state index in [1.54, 1.807) is 0 Å². The lowest BCUT2D eigenvalue weighted by atomic mass is 10.0. The van der Waals surface area contributed by atoms with Crippen molar-refractivity contribution in [2.24, 2.45) is 0 Å². The van der Waals surface area contributed by atoms with Gasteiger partial charge in [0.2, 0.25) is 0 Å². The second kappa shape index (κ2) is 5.50. The zero-order valence-corrected chi connectivity index (χ0v) is 10.8. The molecule has 0 aliphatic carbocycles. The Morgan fingerprint density at radius 3 is 2.39 bits per heavy atom. The predicted molar refractivity (Wildman–Crippen MR) is 75.2 cm³/mol. The molecule has 2 rings (SSSR count). The Balaban J connectivity index is 2.16. The molecule has 0 N–H and O–H groups in total. The van der Waals surface area contributed by atoms with Crippen molar-refractivity contribution in [3.8, 4) is 0 Å². The number of hydrogen-bond donors (Lipinski definition) is 0. The number of hydrogen-bond acceptors (Lipinski definition) is 2.